The highest BCUT2D eigenvalue weighted by molar-refractivity contribution is 7.92. The quantitative estimate of drug-likeness (QED) is 0.322. The van der Waals surface area contributed by atoms with Gasteiger partial charge in [0, 0.05) is 12.1 Å². The number of rotatable bonds is 9. The van der Waals surface area contributed by atoms with Crippen molar-refractivity contribution in [3.8, 4) is 5.88 Å². The summed E-state index contributed by atoms with van der Waals surface area (Å²) in [6.07, 6.45) is 1.39. The van der Waals surface area contributed by atoms with Crippen LogP contribution in [0.15, 0.2) is 65.7 Å². The third-order valence-electron chi connectivity index (χ3n) is 3.95. The Kier molecular flexibility index (Phi) is 6.90. The molecule has 1 aromatic heterocycles. The average Bonchev–Trinajstić information content (AvgIpc) is 2.75. The molecule has 12 heteroatoms. The minimum absolute atomic E-state index is 0.0764. The molecule has 0 aliphatic heterocycles. The molecule has 2 aromatic carbocycles. The number of aliphatic hydroxyl groups is 1. The molecule has 0 fully saturated rings. The van der Waals surface area contributed by atoms with Gasteiger partial charge in [0.25, 0.3) is 15.7 Å². The lowest BCUT2D eigenvalue weighted by molar-refractivity contribution is -0.384. The number of nitro benzene ring substituents is 1. The molecular formula is C19H17ClN4O6S. The summed E-state index contributed by atoms with van der Waals surface area (Å²) in [7, 11) is -4.11. The minimum atomic E-state index is -4.11. The molecule has 0 atom stereocenters. The summed E-state index contributed by atoms with van der Waals surface area (Å²) in [5, 5.41) is 23.3. The van der Waals surface area contributed by atoms with Crippen LogP contribution in [0.3, 0.4) is 0 Å². The van der Waals surface area contributed by atoms with Crippen LogP contribution in [-0.2, 0) is 10.0 Å². The molecule has 0 spiro atoms. The summed E-state index contributed by atoms with van der Waals surface area (Å²) < 4.78 is 32.8. The molecule has 0 saturated heterocycles. The largest absolute Gasteiger partial charge is 0.475 e. The first kappa shape index (κ1) is 22.3. The molecular weight excluding hydrogens is 448 g/mol. The second-order valence-electron chi connectivity index (χ2n) is 6.10. The van der Waals surface area contributed by atoms with Crippen molar-refractivity contribution in [3.05, 3.63) is 75.9 Å². The third kappa shape index (κ3) is 5.60. The molecule has 0 saturated carbocycles. The van der Waals surface area contributed by atoms with Crippen LogP contribution in [0.25, 0.3) is 0 Å². The van der Waals surface area contributed by atoms with E-state index in [1.165, 1.54) is 36.5 Å². The number of nitrogens with one attached hydrogen (secondary N) is 2. The van der Waals surface area contributed by atoms with E-state index in [-0.39, 0.29) is 40.4 Å². The first-order valence-electron chi connectivity index (χ1n) is 8.82. The van der Waals surface area contributed by atoms with Crippen molar-refractivity contribution in [3.63, 3.8) is 0 Å². The number of ether oxygens (including phenoxy) is 1. The van der Waals surface area contributed by atoms with Gasteiger partial charge in [-0.05, 0) is 30.3 Å². The fraction of sp³-hybridized carbons (Fsp3) is 0.105. The number of sulfonamides is 1. The Morgan fingerprint density at radius 2 is 1.90 bits per heavy atom. The topological polar surface area (TPSA) is 144 Å². The molecule has 31 heavy (non-hydrogen) atoms. The molecule has 3 aromatic rings. The van der Waals surface area contributed by atoms with Gasteiger partial charge in [0.05, 0.1) is 39.0 Å². The number of aromatic nitrogens is 1. The Hall–Kier alpha value is -3.41. The van der Waals surface area contributed by atoms with Crippen LogP contribution < -0.4 is 14.8 Å². The molecule has 0 aliphatic rings. The Morgan fingerprint density at radius 1 is 1.13 bits per heavy atom. The Balaban J connectivity index is 1.86. The van der Waals surface area contributed by atoms with E-state index in [9.17, 15) is 18.5 Å². The maximum absolute atomic E-state index is 12.7. The number of nitro groups is 1. The summed E-state index contributed by atoms with van der Waals surface area (Å²) in [6, 6.07) is 12.8. The predicted molar refractivity (Wildman–Crippen MR) is 115 cm³/mol. The fourth-order valence-corrected chi connectivity index (χ4v) is 3.87. The lowest BCUT2D eigenvalue weighted by Gasteiger charge is -2.12. The van der Waals surface area contributed by atoms with E-state index in [2.05, 4.69) is 15.0 Å². The van der Waals surface area contributed by atoms with Crippen LogP contribution in [0.4, 0.5) is 22.7 Å². The van der Waals surface area contributed by atoms with Crippen molar-refractivity contribution in [2.75, 3.05) is 23.3 Å². The van der Waals surface area contributed by atoms with Gasteiger partial charge in [-0.1, -0.05) is 23.7 Å². The Labute approximate surface area is 182 Å². The van der Waals surface area contributed by atoms with E-state index in [1.54, 1.807) is 18.2 Å². The van der Waals surface area contributed by atoms with Gasteiger partial charge in [-0.25, -0.2) is 13.4 Å². The van der Waals surface area contributed by atoms with Gasteiger partial charge in [0.2, 0.25) is 5.88 Å². The van der Waals surface area contributed by atoms with Gasteiger partial charge in [-0.2, -0.15) is 0 Å². The Bertz CT molecular complexity index is 1190. The van der Waals surface area contributed by atoms with Crippen molar-refractivity contribution in [1.82, 2.24) is 4.98 Å². The number of benzene rings is 2. The van der Waals surface area contributed by atoms with Crippen molar-refractivity contribution >= 4 is 44.4 Å². The molecule has 0 amide bonds. The summed E-state index contributed by atoms with van der Waals surface area (Å²) in [5.74, 6) is 0.279. The highest BCUT2D eigenvalue weighted by atomic mass is 35.5. The monoisotopic (exact) mass is 464 g/mol. The van der Waals surface area contributed by atoms with E-state index < -0.39 is 20.6 Å². The molecule has 0 unspecified atom stereocenters. The lowest BCUT2D eigenvalue weighted by atomic mass is 10.2. The number of nitrogens with zero attached hydrogens (tertiary/aromatic N) is 2. The summed E-state index contributed by atoms with van der Waals surface area (Å²) in [4.78, 5) is 14.6. The van der Waals surface area contributed by atoms with Crippen LogP contribution >= 0.6 is 11.6 Å². The average molecular weight is 465 g/mol. The van der Waals surface area contributed by atoms with E-state index in [1.807, 2.05) is 0 Å². The number of anilines is 3. The second-order valence-corrected chi connectivity index (χ2v) is 8.19. The maximum Gasteiger partial charge on any atom is 0.294 e. The molecule has 162 valence electrons. The molecule has 0 radical (unpaired) electrons. The second kappa shape index (κ2) is 9.60. The van der Waals surface area contributed by atoms with Crippen LogP contribution in [0.2, 0.25) is 5.02 Å². The zero-order valence-electron chi connectivity index (χ0n) is 15.9. The normalized spacial score (nSPS) is 11.0. The summed E-state index contributed by atoms with van der Waals surface area (Å²) in [5.41, 5.74) is 0.211. The smallest absolute Gasteiger partial charge is 0.294 e. The zero-order valence-corrected chi connectivity index (χ0v) is 17.4. The van der Waals surface area contributed by atoms with Crippen molar-refractivity contribution in [2.24, 2.45) is 0 Å². The maximum atomic E-state index is 12.7. The van der Waals surface area contributed by atoms with E-state index in [4.69, 9.17) is 21.4 Å². The number of hydrogen-bond donors (Lipinski definition) is 3. The van der Waals surface area contributed by atoms with E-state index in [0.717, 1.165) is 6.07 Å². The minimum Gasteiger partial charge on any atom is -0.475 e. The van der Waals surface area contributed by atoms with Crippen molar-refractivity contribution in [1.29, 1.82) is 0 Å². The van der Waals surface area contributed by atoms with Crippen LogP contribution in [0.5, 0.6) is 5.88 Å². The molecule has 1 heterocycles. The number of aliphatic hydroxyl groups excluding tert-OH is 1. The van der Waals surface area contributed by atoms with E-state index in [0.29, 0.717) is 5.69 Å². The predicted octanol–water partition coefficient (Wildman–Crippen LogP) is 3.56. The number of pyridine rings is 1. The highest BCUT2D eigenvalue weighted by Crippen LogP contribution is 2.32. The molecule has 3 N–H and O–H groups in total. The molecule has 0 aliphatic carbocycles. The van der Waals surface area contributed by atoms with Gasteiger partial charge >= 0.3 is 0 Å². The zero-order chi connectivity index (χ0) is 22.4. The van der Waals surface area contributed by atoms with Gasteiger partial charge in [-0.3, -0.25) is 14.8 Å². The van der Waals surface area contributed by atoms with Gasteiger partial charge in [0.1, 0.15) is 12.3 Å². The van der Waals surface area contributed by atoms with Crippen molar-refractivity contribution < 1.29 is 23.2 Å². The summed E-state index contributed by atoms with van der Waals surface area (Å²) >= 11 is 5.98. The first-order chi connectivity index (χ1) is 14.8. The van der Waals surface area contributed by atoms with Crippen LogP contribution in [0.1, 0.15) is 0 Å². The van der Waals surface area contributed by atoms with Gasteiger partial charge in [0.15, 0.2) is 0 Å². The van der Waals surface area contributed by atoms with Gasteiger partial charge in [-0.15, -0.1) is 0 Å². The fourth-order valence-electron chi connectivity index (χ4n) is 2.53. The molecule has 0 bridgehead atoms. The number of halogens is 1. The van der Waals surface area contributed by atoms with Gasteiger partial charge < -0.3 is 15.2 Å². The lowest BCUT2D eigenvalue weighted by Crippen LogP contribution is -2.13. The standard InChI is InChI=1S/C19H17ClN4O6S/c20-15-3-1-2-4-16(15)23-31(28,29)14-6-7-17(18(11-14)24(26)27)22-13-5-8-19(21-12-13)30-10-9-25/h1-8,11-12,22-23,25H,9-10H2. The van der Waals surface area contributed by atoms with Crippen LogP contribution in [0, 0.1) is 10.1 Å². The molecule has 10 nitrogen and oxygen atoms in total. The highest BCUT2D eigenvalue weighted by Gasteiger charge is 2.22. The first-order valence-corrected chi connectivity index (χ1v) is 10.7. The van der Waals surface area contributed by atoms with Crippen LogP contribution in [-0.4, -0.2) is 36.6 Å². The number of hydrogen-bond acceptors (Lipinski definition) is 8. The number of para-hydroxylation sites is 1. The van der Waals surface area contributed by atoms with E-state index >= 15 is 0 Å². The summed E-state index contributed by atoms with van der Waals surface area (Å²) in [6.45, 7) is -0.0715. The Morgan fingerprint density at radius 3 is 2.55 bits per heavy atom. The SMILES string of the molecule is O=[N+]([O-])c1cc(S(=O)(=O)Nc2ccccc2Cl)ccc1Nc1ccc(OCCO)nc1. The molecule has 3 rings (SSSR count). The van der Waals surface area contributed by atoms with Crippen molar-refractivity contribution in [2.45, 2.75) is 4.90 Å². The third-order valence-corrected chi connectivity index (χ3v) is 5.64.